The van der Waals surface area contributed by atoms with E-state index in [2.05, 4.69) is 5.32 Å². The number of hydrogen-bond donors (Lipinski definition) is 3. The van der Waals surface area contributed by atoms with Gasteiger partial charge < -0.3 is 16.2 Å². The van der Waals surface area contributed by atoms with E-state index in [1.807, 2.05) is 0 Å². The molecule has 0 aromatic heterocycles. The summed E-state index contributed by atoms with van der Waals surface area (Å²) in [6.45, 7) is 0. The monoisotopic (exact) mass is 232 g/mol. The highest BCUT2D eigenvalue weighted by atomic mass is 16.3. The van der Waals surface area contributed by atoms with Crippen molar-refractivity contribution in [1.82, 2.24) is 0 Å². The summed E-state index contributed by atoms with van der Waals surface area (Å²) in [5.74, 6) is 1.52. The lowest BCUT2D eigenvalue weighted by Crippen LogP contribution is -2.17. The van der Waals surface area contributed by atoms with Crippen molar-refractivity contribution in [1.29, 1.82) is 0 Å². The number of nitrogens with two attached hydrogens (primary N) is 1. The van der Waals surface area contributed by atoms with Crippen LogP contribution in [0.15, 0.2) is 18.2 Å². The summed E-state index contributed by atoms with van der Waals surface area (Å²) in [5.41, 5.74) is 6.75. The molecule has 4 nitrogen and oxygen atoms in total. The number of amides is 1. The van der Waals surface area contributed by atoms with E-state index in [0.717, 1.165) is 0 Å². The molecule has 90 valence electrons. The van der Waals surface area contributed by atoms with Crippen molar-refractivity contribution in [2.45, 2.75) is 19.3 Å². The van der Waals surface area contributed by atoms with Gasteiger partial charge in [-0.1, -0.05) is 6.42 Å². The van der Waals surface area contributed by atoms with Crippen LogP contribution in [0.1, 0.15) is 19.3 Å². The van der Waals surface area contributed by atoms with Gasteiger partial charge in [0.1, 0.15) is 5.75 Å². The maximum Gasteiger partial charge on any atom is 0.228 e. The van der Waals surface area contributed by atoms with Gasteiger partial charge in [0.2, 0.25) is 5.91 Å². The summed E-state index contributed by atoms with van der Waals surface area (Å²) in [7, 11) is 0. The largest absolute Gasteiger partial charge is 0.508 e. The minimum Gasteiger partial charge on any atom is -0.508 e. The van der Waals surface area contributed by atoms with E-state index in [4.69, 9.17) is 5.73 Å². The van der Waals surface area contributed by atoms with Crippen molar-refractivity contribution < 1.29 is 9.90 Å². The molecule has 0 heterocycles. The molecule has 2 aliphatic rings. The van der Waals surface area contributed by atoms with Gasteiger partial charge >= 0.3 is 0 Å². The molecule has 0 spiro atoms. The molecule has 4 N–H and O–H groups in total. The number of rotatable bonds is 2. The second-order valence-corrected chi connectivity index (χ2v) is 5.05. The van der Waals surface area contributed by atoms with Crippen molar-refractivity contribution in [3.63, 3.8) is 0 Å². The minimum atomic E-state index is 0.0528. The zero-order valence-electron chi connectivity index (χ0n) is 9.52. The molecule has 2 atom stereocenters. The number of nitrogen functional groups attached to an aromatic ring is 1. The SMILES string of the molecule is Nc1ccc(O)cc1NC(=O)C1C2CCCC21. The second kappa shape index (κ2) is 3.65. The van der Waals surface area contributed by atoms with E-state index in [9.17, 15) is 9.90 Å². The molecule has 2 saturated carbocycles. The Balaban J connectivity index is 1.71. The molecule has 17 heavy (non-hydrogen) atoms. The highest BCUT2D eigenvalue weighted by Gasteiger charge is 2.56. The molecule has 0 radical (unpaired) electrons. The third-order valence-corrected chi connectivity index (χ3v) is 4.00. The molecule has 4 heteroatoms. The first-order chi connectivity index (χ1) is 8.16. The molecule has 3 rings (SSSR count). The van der Waals surface area contributed by atoms with E-state index in [1.54, 1.807) is 6.07 Å². The van der Waals surface area contributed by atoms with Crippen LogP contribution in [0, 0.1) is 17.8 Å². The Kier molecular flexibility index (Phi) is 2.24. The van der Waals surface area contributed by atoms with Crippen LogP contribution in [0.25, 0.3) is 0 Å². The van der Waals surface area contributed by atoms with Crippen LogP contribution in [-0.4, -0.2) is 11.0 Å². The standard InChI is InChI=1S/C13H16N2O2/c14-10-5-4-7(16)6-11(10)15-13(17)12-8-2-1-3-9(8)12/h4-6,8-9,12,16H,1-3,14H2,(H,15,17). The van der Waals surface area contributed by atoms with E-state index >= 15 is 0 Å². The van der Waals surface area contributed by atoms with E-state index in [-0.39, 0.29) is 17.6 Å². The molecule has 0 aliphatic heterocycles. The Labute approximate surface area is 99.8 Å². The van der Waals surface area contributed by atoms with Crippen LogP contribution >= 0.6 is 0 Å². The van der Waals surface area contributed by atoms with Crippen molar-refractivity contribution >= 4 is 17.3 Å². The van der Waals surface area contributed by atoms with Gasteiger partial charge in [0.05, 0.1) is 11.4 Å². The average molecular weight is 232 g/mol. The van der Waals surface area contributed by atoms with Crippen molar-refractivity contribution in [3.05, 3.63) is 18.2 Å². The Hall–Kier alpha value is -1.71. The van der Waals surface area contributed by atoms with Crippen LogP contribution in [0.4, 0.5) is 11.4 Å². The number of hydrogen-bond acceptors (Lipinski definition) is 3. The summed E-state index contributed by atoms with van der Waals surface area (Å²) in [4.78, 5) is 12.0. The lowest BCUT2D eigenvalue weighted by molar-refractivity contribution is -0.118. The van der Waals surface area contributed by atoms with Gasteiger partial charge in [0.15, 0.2) is 0 Å². The molecule has 1 aromatic carbocycles. The Bertz CT molecular complexity index is 462. The van der Waals surface area contributed by atoms with Crippen molar-refractivity contribution in [2.24, 2.45) is 17.8 Å². The van der Waals surface area contributed by atoms with Gasteiger partial charge in [-0.3, -0.25) is 4.79 Å². The lowest BCUT2D eigenvalue weighted by Gasteiger charge is -2.09. The number of carbonyl (C=O) groups is 1. The first-order valence-electron chi connectivity index (χ1n) is 6.06. The normalized spacial score (nSPS) is 29.8. The maximum atomic E-state index is 12.0. The van der Waals surface area contributed by atoms with E-state index in [0.29, 0.717) is 23.2 Å². The highest BCUT2D eigenvalue weighted by Crippen LogP contribution is 2.57. The number of anilines is 2. The number of carbonyl (C=O) groups excluding carboxylic acids is 1. The lowest BCUT2D eigenvalue weighted by atomic mass is 10.1. The average Bonchev–Trinajstić information content (AvgIpc) is 2.78. The van der Waals surface area contributed by atoms with E-state index in [1.165, 1.54) is 31.4 Å². The number of phenols is 1. The summed E-state index contributed by atoms with van der Waals surface area (Å²) >= 11 is 0. The fraction of sp³-hybridized carbons (Fsp3) is 0.462. The molecule has 2 fully saturated rings. The first-order valence-corrected chi connectivity index (χ1v) is 6.06. The predicted molar refractivity (Wildman–Crippen MR) is 65.5 cm³/mol. The molecule has 0 bridgehead atoms. The van der Waals surface area contributed by atoms with Gasteiger partial charge in [0, 0.05) is 12.0 Å². The predicted octanol–water partition coefficient (Wildman–Crippen LogP) is 1.96. The minimum absolute atomic E-state index is 0.0528. The van der Waals surface area contributed by atoms with Crippen LogP contribution in [-0.2, 0) is 4.79 Å². The van der Waals surface area contributed by atoms with Gasteiger partial charge in [-0.2, -0.15) is 0 Å². The van der Waals surface area contributed by atoms with Crippen molar-refractivity contribution in [2.75, 3.05) is 11.1 Å². The third-order valence-electron chi connectivity index (χ3n) is 4.00. The Morgan fingerprint density at radius 1 is 1.35 bits per heavy atom. The zero-order valence-corrected chi connectivity index (χ0v) is 9.52. The molecule has 1 aromatic rings. The van der Waals surface area contributed by atoms with Gasteiger partial charge in [-0.25, -0.2) is 0 Å². The van der Waals surface area contributed by atoms with Crippen LogP contribution in [0.2, 0.25) is 0 Å². The number of aromatic hydroxyl groups is 1. The molecule has 1 amide bonds. The van der Waals surface area contributed by atoms with Crippen molar-refractivity contribution in [3.8, 4) is 5.75 Å². The summed E-state index contributed by atoms with van der Waals surface area (Å²) < 4.78 is 0. The third kappa shape index (κ3) is 1.73. The van der Waals surface area contributed by atoms with Crippen LogP contribution < -0.4 is 11.1 Å². The number of phenolic OH excluding ortho intramolecular Hbond substituents is 1. The summed E-state index contributed by atoms with van der Waals surface area (Å²) in [6.07, 6.45) is 3.62. The number of benzene rings is 1. The molecule has 0 saturated heterocycles. The Morgan fingerprint density at radius 3 is 2.76 bits per heavy atom. The summed E-state index contributed by atoms with van der Waals surface area (Å²) in [6, 6.07) is 4.60. The molecular weight excluding hydrogens is 216 g/mol. The van der Waals surface area contributed by atoms with Crippen LogP contribution in [0.5, 0.6) is 5.75 Å². The van der Waals surface area contributed by atoms with E-state index < -0.39 is 0 Å². The quantitative estimate of drug-likeness (QED) is 0.539. The zero-order chi connectivity index (χ0) is 12.0. The summed E-state index contributed by atoms with van der Waals surface area (Å²) in [5, 5.41) is 12.2. The van der Waals surface area contributed by atoms with Gasteiger partial charge in [-0.05, 0) is 36.8 Å². The maximum absolute atomic E-state index is 12.0. The fourth-order valence-corrected chi connectivity index (χ4v) is 3.08. The first kappa shape index (κ1) is 10.4. The smallest absolute Gasteiger partial charge is 0.228 e. The topological polar surface area (TPSA) is 75.3 Å². The number of nitrogens with one attached hydrogen (secondary N) is 1. The highest BCUT2D eigenvalue weighted by molar-refractivity contribution is 5.97. The Morgan fingerprint density at radius 2 is 2.06 bits per heavy atom. The van der Waals surface area contributed by atoms with Gasteiger partial charge in [0.25, 0.3) is 0 Å². The fourth-order valence-electron chi connectivity index (χ4n) is 3.08. The van der Waals surface area contributed by atoms with Crippen LogP contribution in [0.3, 0.4) is 0 Å². The van der Waals surface area contributed by atoms with Gasteiger partial charge in [-0.15, -0.1) is 0 Å². The molecule has 2 aliphatic carbocycles. The molecule has 2 unspecified atom stereocenters. The second-order valence-electron chi connectivity index (χ2n) is 5.05. The number of fused-ring (bicyclic) bond motifs is 1. The molecular formula is C13H16N2O2.